The third-order valence-corrected chi connectivity index (χ3v) is 3.58. The van der Waals surface area contributed by atoms with Crippen molar-refractivity contribution in [2.75, 3.05) is 16.1 Å². The lowest BCUT2D eigenvalue weighted by Gasteiger charge is -2.15. The molecule has 1 heterocycles. The minimum atomic E-state index is -0.708. The summed E-state index contributed by atoms with van der Waals surface area (Å²) in [6.07, 6.45) is 4.04. The minimum Gasteiger partial charge on any atom is -0.368 e. The van der Waals surface area contributed by atoms with Gasteiger partial charge >= 0.3 is 0 Å². The Bertz CT molecular complexity index is 898. The van der Waals surface area contributed by atoms with Crippen molar-refractivity contribution in [3.05, 3.63) is 36.0 Å². The molecule has 1 atom stereocenters. The fourth-order valence-corrected chi connectivity index (χ4v) is 2.21. The van der Waals surface area contributed by atoms with E-state index in [9.17, 15) is 9.59 Å². The van der Waals surface area contributed by atoms with Gasteiger partial charge in [-0.3, -0.25) is 15.0 Å². The quantitative estimate of drug-likeness (QED) is 0.261. The van der Waals surface area contributed by atoms with Gasteiger partial charge in [0.15, 0.2) is 0 Å². The Morgan fingerprint density at radius 2 is 2.07 bits per heavy atom. The van der Waals surface area contributed by atoms with Crippen LogP contribution in [0, 0.1) is 5.41 Å². The van der Waals surface area contributed by atoms with E-state index in [-0.39, 0.29) is 17.3 Å². The highest BCUT2D eigenvalue weighted by atomic mass is 16.1. The number of primary amides is 2. The zero-order valence-electron chi connectivity index (χ0n) is 15.1. The molecule has 0 saturated carbocycles. The number of rotatable bonds is 10. The molecule has 11 nitrogen and oxygen atoms in total. The Hall–Kier alpha value is -4.02. The molecule has 0 aliphatic carbocycles. The molecule has 2 amide bonds. The van der Waals surface area contributed by atoms with E-state index in [1.807, 2.05) is 0 Å². The summed E-state index contributed by atoms with van der Waals surface area (Å²) < 4.78 is 0. The lowest BCUT2D eigenvalue weighted by Crippen LogP contribution is -2.35. The first kappa shape index (κ1) is 20.3. The number of nitrogens with one attached hydrogen (secondary N) is 4. The average Bonchev–Trinajstić information content (AvgIpc) is 2.66. The Labute approximate surface area is 161 Å². The van der Waals surface area contributed by atoms with Gasteiger partial charge in [0.05, 0.1) is 11.9 Å². The molecule has 0 bridgehead atoms. The first-order valence-corrected chi connectivity index (χ1v) is 8.32. The predicted octanol–water partition coefficient (Wildman–Crippen LogP) is 1.04. The molecule has 1 unspecified atom stereocenters. The fourth-order valence-electron chi connectivity index (χ4n) is 2.21. The third-order valence-electron chi connectivity index (χ3n) is 3.58. The largest absolute Gasteiger partial charge is 0.368 e. The highest BCUT2D eigenvalue weighted by Crippen LogP contribution is 2.22. The van der Waals surface area contributed by atoms with Crippen molar-refractivity contribution in [3.8, 4) is 0 Å². The Balaban J connectivity index is 2.30. The number of aromatic nitrogens is 2. The number of anilines is 4. The van der Waals surface area contributed by atoms with E-state index in [1.54, 1.807) is 31.2 Å². The van der Waals surface area contributed by atoms with Crippen LogP contribution in [0.15, 0.2) is 35.6 Å². The molecule has 0 aliphatic rings. The third kappa shape index (κ3) is 5.49. The van der Waals surface area contributed by atoms with Gasteiger partial charge in [-0.15, -0.1) is 0 Å². The van der Waals surface area contributed by atoms with Gasteiger partial charge in [0.1, 0.15) is 17.4 Å². The van der Waals surface area contributed by atoms with Crippen LogP contribution in [0.25, 0.3) is 0 Å². The Morgan fingerprint density at radius 3 is 2.71 bits per heavy atom. The second kappa shape index (κ2) is 9.62. The summed E-state index contributed by atoms with van der Waals surface area (Å²) in [6.45, 7) is 1.79. The van der Waals surface area contributed by atoms with Crippen LogP contribution in [0.4, 0.5) is 23.1 Å². The fraction of sp³-hybridized carbons (Fsp3) is 0.176. The molecule has 1 aromatic carbocycles. The minimum absolute atomic E-state index is 0.0814. The Morgan fingerprint density at radius 1 is 1.32 bits per heavy atom. The van der Waals surface area contributed by atoms with E-state index in [2.05, 4.69) is 31.1 Å². The van der Waals surface area contributed by atoms with Gasteiger partial charge in [0, 0.05) is 18.1 Å². The summed E-state index contributed by atoms with van der Waals surface area (Å²) in [5.41, 5.74) is 14.8. The van der Waals surface area contributed by atoms with Gasteiger partial charge < -0.3 is 27.5 Å². The van der Waals surface area contributed by atoms with Gasteiger partial charge in [-0.1, -0.05) is 13.0 Å². The number of hydrogen-bond acceptors (Lipinski definition) is 9. The molecule has 0 spiro atoms. The van der Waals surface area contributed by atoms with Crippen molar-refractivity contribution < 1.29 is 9.59 Å². The molecular formula is C17H21N9O2. The average molecular weight is 383 g/mol. The van der Waals surface area contributed by atoms with Gasteiger partial charge in [-0.25, -0.2) is 4.98 Å². The first-order chi connectivity index (χ1) is 13.4. The van der Waals surface area contributed by atoms with Crippen molar-refractivity contribution >= 4 is 47.4 Å². The summed E-state index contributed by atoms with van der Waals surface area (Å²) in [7, 11) is 0. The molecule has 0 radical (unpaired) electrons. The number of carbonyl (C=O) groups is 2. The second-order valence-corrected chi connectivity index (χ2v) is 5.59. The molecule has 146 valence electrons. The lowest BCUT2D eigenvalue weighted by molar-refractivity contribution is -0.118. The van der Waals surface area contributed by atoms with E-state index >= 15 is 0 Å². The van der Waals surface area contributed by atoms with Gasteiger partial charge in [-0.05, 0) is 24.6 Å². The van der Waals surface area contributed by atoms with Crippen LogP contribution in [-0.2, 0) is 4.79 Å². The van der Waals surface area contributed by atoms with Crippen LogP contribution in [0.1, 0.15) is 23.7 Å². The maximum absolute atomic E-state index is 11.7. The van der Waals surface area contributed by atoms with Crippen LogP contribution in [-0.4, -0.2) is 40.3 Å². The molecule has 8 N–H and O–H groups in total. The molecular weight excluding hydrogens is 362 g/mol. The molecule has 2 rings (SSSR count). The second-order valence-electron chi connectivity index (χ2n) is 5.59. The number of hydrogen-bond donors (Lipinski definition) is 6. The Kier molecular flexibility index (Phi) is 6.97. The highest BCUT2D eigenvalue weighted by Gasteiger charge is 2.17. The number of benzene rings is 1. The van der Waals surface area contributed by atoms with E-state index < -0.39 is 17.9 Å². The molecule has 1 aromatic heterocycles. The number of carbonyl (C=O) groups excluding carboxylic acids is 2. The molecule has 28 heavy (non-hydrogen) atoms. The monoisotopic (exact) mass is 383 g/mol. The summed E-state index contributed by atoms with van der Waals surface area (Å²) in [5, 5.41) is 16.6. The van der Waals surface area contributed by atoms with Crippen LogP contribution in [0.2, 0.25) is 0 Å². The van der Waals surface area contributed by atoms with Gasteiger partial charge in [0.25, 0.3) is 5.91 Å². The summed E-state index contributed by atoms with van der Waals surface area (Å²) >= 11 is 0. The zero-order valence-corrected chi connectivity index (χ0v) is 15.1. The van der Waals surface area contributed by atoms with Gasteiger partial charge in [-0.2, -0.15) is 10.1 Å². The van der Waals surface area contributed by atoms with Crippen molar-refractivity contribution in [2.45, 2.75) is 19.4 Å². The maximum Gasteiger partial charge on any atom is 0.254 e. The maximum atomic E-state index is 11.7. The molecule has 2 aromatic rings. The standard InChI is InChI=1S/C17H21N9O2/c1-2-13(15(20)28)24-17-21-9-12(14(19)27)16(25-17)23-10-4-3-5-11(8-10)26-22-7-6-18/h3-9,13,18,26H,2H2,1H3,(H2,19,27)(H2,20,28)(H2,21,23,24,25). The summed E-state index contributed by atoms with van der Waals surface area (Å²) in [4.78, 5) is 31.4. The molecule has 0 aliphatic heterocycles. The van der Waals surface area contributed by atoms with Gasteiger partial charge in [0.2, 0.25) is 11.9 Å². The predicted molar refractivity (Wildman–Crippen MR) is 108 cm³/mol. The van der Waals surface area contributed by atoms with E-state index in [0.29, 0.717) is 17.8 Å². The highest BCUT2D eigenvalue weighted by molar-refractivity contribution is 6.14. The lowest BCUT2D eigenvalue weighted by atomic mass is 10.2. The van der Waals surface area contributed by atoms with E-state index in [4.69, 9.17) is 16.9 Å². The summed E-state index contributed by atoms with van der Waals surface area (Å²) in [6, 6.07) is 6.36. The number of amides is 2. The first-order valence-electron chi connectivity index (χ1n) is 8.32. The molecule has 11 heteroatoms. The van der Waals surface area contributed by atoms with E-state index in [1.165, 1.54) is 12.4 Å². The van der Waals surface area contributed by atoms with Crippen molar-refractivity contribution in [2.24, 2.45) is 16.6 Å². The number of nitrogens with zero attached hydrogens (tertiary/aromatic N) is 3. The van der Waals surface area contributed by atoms with E-state index in [0.717, 1.165) is 6.21 Å². The van der Waals surface area contributed by atoms with Crippen molar-refractivity contribution in [3.63, 3.8) is 0 Å². The van der Waals surface area contributed by atoms with Crippen molar-refractivity contribution in [1.29, 1.82) is 5.41 Å². The smallest absolute Gasteiger partial charge is 0.254 e. The number of nitrogens with two attached hydrogens (primary N) is 2. The SMILES string of the molecule is CCC(Nc1ncc(C(N)=O)c(Nc2cccc(NN=CC=N)c2)n1)C(N)=O. The molecule has 0 fully saturated rings. The van der Waals surface area contributed by atoms with Crippen molar-refractivity contribution in [1.82, 2.24) is 9.97 Å². The van der Waals surface area contributed by atoms with Crippen LogP contribution < -0.4 is 27.5 Å². The van der Waals surface area contributed by atoms with Crippen LogP contribution >= 0.6 is 0 Å². The topological polar surface area (TPSA) is 184 Å². The zero-order chi connectivity index (χ0) is 20.5. The molecule has 0 saturated heterocycles. The number of hydrazone groups is 1. The van der Waals surface area contributed by atoms with Crippen LogP contribution in [0.3, 0.4) is 0 Å². The van der Waals surface area contributed by atoms with Crippen LogP contribution in [0.5, 0.6) is 0 Å². The normalized spacial score (nSPS) is 11.6. The summed E-state index contributed by atoms with van der Waals surface area (Å²) in [5.74, 6) is -0.947.